The van der Waals surface area contributed by atoms with E-state index in [9.17, 15) is 9.59 Å². The molecule has 1 N–H and O–H groups in total. The van der Waals surface area contributed by atoms with Crippen LogP contribution in [0.25, 0.3) is 0 Å². The zero-order valence-corrected chi connectivity index (χ0v) is 4.64. The van der Waals surface area contributed by atoms with Crippen molar-refractivity contribution in [2.45, 2.75) is 6.10 Å². The van der Waals surface area contributed by atoms with Crippen molar-refractivity contribution in [1.82, 2.24) is 0 Å². The van der Waals surface area contributed by atoms with Gasteiger partial charge >= 0.3 is 0 Å². The lowest BCUT2D eigenvalue weighted by Gasteiger charge is -1.87. The Labute approximate surface area is 50.1 Å². The molecular formula is C4H3O3S. The van der Waals surface area contributed by atoms with E-state index in [-0.39, 0.29) is 5.12 Å². The highest BCUT2D eigenvalue weighted by atomic mass is 32.2. The van der Waals surface area contributed by atoms with E-state index >= 15 is 0 Å². The molecule has 0 aromatic rings. The van der Waals surface area contributed by atoms with E-state index in [0.717, 1.165) is 6.42 Å². The molecule has 0 aliphatic carbocycles. The fourth-order valence-electron chi connectivity index (χ4n) is 0.390. The number of carbonyl (C=O) groups excluding carboxylic acids is 2. The second-order valence-electron chi connectivity index (χ2n) is 1.35. The fraction of sp³-hybridized carbons (Fsp3) is 0.250. The maximum absolute atomic E-state index is 10.2. The summed E-state index contributed by atoms with van der Waals surface area (Å²) in [6, 6.07) is 0. The van der Waals surface area contributed by atoms with Crippen molar-refractivity contribution in [3.05, 3.63) is 6.42 Å². The number of aliphatic hydroxyl groups is 1. The Balaban J connectivity index is 2.64. The van der Waals surface area contributed by atoms with Crippen LogP contribution >= 0.6 is 11.8 Å². The average Bonchev–Trinajstić information content (AvgIpc) is 1.85. The summed E-state index contributed by atoms with van der Waals surface area (Å²) in [6.07, 6.45) is -0.167. The first kappa shape index (κ1) is 5.78. The smallest absolute Gasteiger partial charge is 0.225 e. The van der Waals surface area contributed by atoms with Crippen molar-refractivity contribution in [3.8, 4) is 0 Å². The second-order valence-corrected chi connectivity index (χ2v) is 2.36. The first-order valence-corrected chi connectivity index (χ1v) is 2.80. The molecule has 8 heavy (non-hydrogen) atoms. The van der Waals surface area contributed by atoms with Crippen molar-refractivity contribution in [2.24, 2.45) is 0 Å². The van der Waals surface area contributed by atoms with E-state index in [0.29, 0.717) is 11.8 Å². The van der Waals surface area contributed by atoms with Gasteiger partial charge < -0.3 is 5.11 Å². The lowest BCUT2D eigenvalue weighted by molar-refractivity contribution is -0.116. The highest BCUT2D eigenvalue weighted by Gasteiger charge is 2.30. The van der Waals surface area contributed by atoms with Crippen LogP contribution in [0.3, 0.4) is 0 Å². The molecule has 0 saturated carbocycles. The molecule has 0 unspecified atom stereocenters. The molecule has 1 heterocycles. The average molecular weight is 131 g/mol. The molecule has 1 fully saturated rings. The largest absolute Gasteiger partial charge is 0.384 e. The predicted octanol–water partition coefficient (Wildman–Crippen LogP) is -0.648. The molecule has 0 amide bonds. The molecule has 0 aromatic carbocycles. The van der Waals surface area contributed by atoms with Crippen LogP contribution in [0.5, 0.6) is 0 Å². The van der Waals surface area contributed by atoms with Gasteiger partial charge in [0.15, 0.2) is 0 Å². The Morgan fingerprint density at radius 1 is 1.62 bits per heavy atom. The molecule has 3 nitrogen and oxygen atoms in total. The molecular weight excluding hydrogens is 128 g/mol. The Kier molecular flexibility index (Phi) is 1.35. The number of rotatable bonds is 0. The molecule has 0 aromatic heterocycles. The topological polar surface area (TPSA) is 54.4 Å². The molecule has 0 spiro atoms. The van der Waals surface area contributed by atoms with Gasteiger partial charge in [0.05, 0.1) is 6.42 Å². The van der Waals surface area contributed by atoms with Crippen LogP contribution in [0.2, 0.25) is 0 Å². The monoisotopic (exact) mass is 131 g/mol. The highest BCUT2D eigenvalue weighted by molar-refractivity contribution is 8.27. The first-order chi connectivity index (χ1) is 3.70. The third-order valence-electron chi connectivity index (χ3n) is 0.737. The number of hydrogen-bond acceptors (Lipinski definition) is 4. The molecule has 1 radical (unpaired) electrons. The van der Waals surface area contributed by atoms with E-state index in [1.807, 2.05) is 0 Å². The van der Waals surface area contributed by atoms with Gasteiger partial charge in [-0.05, 0) is 11.8 Å². The third kappa shape index (κ3) is 0.900. The summed E-state index contributed by atoms with van der Waals surface area (Å²) in [6.45, 7) is 0. The summed E-state index contributed by atoms with van der Waals surface area (Å²) in [7, 11) is 0. The van der Waals surface area contributed by atoms with Gasteiger partial charge in [-0.15, -0.1) is 0 Å². The predicted molar refractivity (Wildman–Crippen MR) is 27.9 cm³/mol. The minimum absolute atomic E-state index is 0.359. The third-order valence-corrected chi connectivity index (χ3v) is 1.52. The van der Waals surface area contributed by atoms with E-state index in [2.05, 4.69) is 0 Å². The summed E-state index contributed by atoms with van der Waals surface area (Å²) in [5.41, 5.74) is 0. The zero-order chi connectivity index (χ0) is 6.15. The van der Waals surface area contributed by atoms with Crippen LogP contribution in [0.1, 0.15) is 0 Å². The van der Waals surface area contributed by atoms with E-state index in [4.69, 9.17) is 5.11 Å². The van der Waals surface area contributed by atoms with E-state index < -0.39 is 11.2 Å². The van der Waals surface area contributed by atoms with Gasteiger partial charge in [0.2, 0.25) is 10.2 Å². The molecule has 4 heteroatoms. The van der Waals surface area contributed by atoms with Crippen molar-refractivity contribution in [3.63, 3.8) is 0 Å². The summed E-state index contributed by atoms with van der Waals surface area (Å²) in [4.78, 5) is 20.4. The summed E-state index contributed by atoms with van der Waals surface area (Å²) in [5.74, 6) is 0. The van der Waals surface area contributed by atoms with Crippen LogP contribution < -0.4 is 0 Å². The second kappa shape index (κ2) is 1.87. The maximum Gasteiger partial charge on any atom is 0.225 e. The molecule has 0 bridgehead atoms. The lowest BCUT2D eigenvalue weighted by Crippen LogP contribution is -2.09. The Morgan fingerprint density at radius 3 is 2.38 bits per heavy atom. The van der Waals surface area contributed by atoms with Gasteiger partial charge in [-0.25, -0.2) is 0 Å². The van der Waals surface area contributed by atoms with Crippen LogP contribution in [-0.2, 0) is 9.59 Å². The molecule has 43 valence electrons. The fourth-order valence-corrected chi connectivity index (χ4v) is 0.974. The van der Waals surface area contributed by atoms with Gasteiger partial charge in [-0.3, -0.25) is 9.59 Å². The molecule has 1 aliphatic rings. The Bertz CT molecular complexity index is 142. The molecule has 1 atom stereocenters. The normalized spacial score (nSPS) is 29.4. The first-order valence-electron chi connectivity index (χ1n) is 1.99. The van der Waals surface area contributed by atoms with Crippen molar-refractivity contribution < 1.29 is 14.7 Å². The van der Waals surface area contributed by atoms with Crippen LogP contribution in [-0.4, -0.2) is 21.4 Å². The molecule has 1 saturated heterocycles. The number of thioether (sulfide) groups is 1. The van der Waals surface area contributed by atoms with Crippen molar-refractivity contribution in [1.29, 1.82) is 0 Å². The number of carbonyl (C=O) groups is 2. The molecule has 1 rings (SSSR count). The van der Waals surface area contributed by atoms with E-state index in [1.165, 1.54) is 0 Å². The zero-order valence-electron chi connectivity index (χ0n) is 3.83. The maximum atomic E-state index is 10.2. The van der Waals surface area contributed by atoms with Crippen LogP contribution in [0.4, 0.5) is 0 Å². The number of hydrogen-bond donors (Lipinski definition) is 1. The summed E-state index contributed by atoms with van der Waals surface area (Å²) in [5, 5.41) is 7.69. The minimum Gasteiger partial charge on any atom is -0.384 e. The Hall–Kier alpha value is -0.350. The van der Waals surface area contributed by atoms with Gasteiger partial charge in [-0.2, -0.15) is 0 Å². The minimum atomic E-state index is -1.16. The van der Waals surface area contributed by atoms with E-state index in [1.54, 1.807) is 0 Å². The Morgan fingerprint density at radius 2 is 2.25 bits per heavy atom. The van der Waals surface area contributed by atoms with Crippen molar-refractivity contribution in [2.75, 3.05) is 0 Å². The summed E-state index contributed by atoms with van der Waals surface area (Å²) >= 11 is 0.545. The lowest BCUT2D eigenvalue weighted by atomic mass is 10.3. The molecule has 1 aliphatic heterocycles. The van der Waals surface area contributed by atoms with Crippen molar-refractivity contribution >= 4 is 22.0 Å². The van der Waals surface area contributed by atoms with Crippen LogP contribution in [0, 0.1) is 6.42 Å². The summed E-state index contributed by atoms with van der Waals surface area (Å²) < 4.78 is 0. The highest BCUT2D eigenvalue weighted by Crippen LogP contribution is 2.19. The van der Waals surface area contributed by atoms with Gasteiger partial charge in [-0.1, -0.05) is 0 Å². The SMILES string of the molecule is O=C1[CH][C@H](O)C(=O)S1. The van der Waals surface area contributed by atoms with Gasteiger partial charge in [0, 0.05) is 0 Å². The quantitative estimate of drug-likeness (QED) is 0.474. The standard InChI is InChI=1S/C4H3O3S/c5-2-1-3(6)8-4(2)7/h1-2,5H/t2-/m0/s1. The van der Waals surface area contributed by atoms with Gasteiger partial charge in [0.25, 0.3) is 0 Å². The number of aliphatic hydroxyl groups excluding tert-OH is 1. The van der Waals surface area contributed by atoms with Crippen LogP contribution in [0.15, 0.2) is 0 Å². The van der Waals surface area contributed by atoms with Gasteiger partial charge in [0.1, 0.15) is 6.10 Å².